The van der Waals surface area contributed by atoms with Crippen LogP contribution in [-0.4, -0.2) is 51.4 Å². The molecule has 2 aliphatic heterocycles. The van der Waals surface area contributed by atoms with Crippen molar-refractivity contribution in [3.05, 3.63) is 77.0 Å². The van der Waals surface area contributed by atoms with E-state index >= 15 is 0 Å². The number of carbonyl (C=O) groups is 3. The van der Waals surface area contributed by atoms with Gasteiger partial charge in [0.2, 0.25) is 0 Å². The molecule has 2 aromatic rings. The quantitative estimate of drug-likeness (QED) is 0.241. The molecule has 32 heavy (non-hydrogen) atoms. The summed E-state index contributed by atoms with van der Waals surface area (Å²) in [7, 11) is 1.59. The van der Waals surface area contributed by atoms with Crippen molar-refractivity contribution in [1.29, 1.82) is 0 Å². The number of rotatable bonds is 7. The highest BCUT2D eigenvalue weighted by atomic mass is 127. The Morgan fingerprint density at radius 3 is 2.53 bits per heavy atom. The Kier molecular flexibility index (Phi) is 7.04. The van der Waals surface area contributed by atoms with Gasteiger partial charge in [0.15, 0.2) is 0 Å². The van der Waals surface area contributed by atoms with Crippen LogP contribution in [0.4, 0.5) is 0 Å². The molecule has 166 valence electrons. The van der Waals surface area contributed by atoms with Crippen LogP contribution in [0.15, 0.2) is 65.9 Å². The fraction of sp³-hybridized carbons (Fsp3) is 0.261. The minimum Gasteiger partial charge on any atom is -0.497 e. The molecule has 9 heteroatoms. The number of esters is 1. The first-order valence-corrected chi connectivity index (χ1v) is 12.5. The van der Waals surface area contributed by atoms with Crippen LogP contribution in [0.3, 0.4) is 0 Å². The molecule has 0 unspecified atom stereocenters. The fourth-order valence-corrected chi connectivity index (χ4v) is 5.87. The van der Waals surface area contributed by atoms with Crippen molar-refractivity contribution in [3.8, 4) is 5.75 Å². The van der Waals surface area contributed by atoms with E-state index in [-0.39, 0.29) is 23.8 Å². The van der Waals surface area contributed by atoms with Crippen LogP contribution in [0, 0.1) is 0 Å². The van der Waals surface area contributed by atoms with Gasteiger partial charge in [-0.05, 0) is 35.4 Å². The van der Waals surface area contributed by atoms with Gasteiger partial charge in [-0.2, -0.15) is 0 Å². The summed E-state index contributed by atoms with van der Waals surface area (Å²) in [6.07, 6.45) is 0. The second-order valence-electron chi connectivity index (χ2n) is 7.24. The first-order valence-electron chi connectivity index (χ1n) is 9.92. The van der Waals surface area contributed by atoms with Gasteiger partial charge in [-0.1, -0.05) is 52.9 Å². The van der Waals surface area contributed by atoms with Gasteiger partial charge in [0, 0.05) is 15.7 Å². The van der Waals surface area contributed by atoms with Gasteiger partial charge < -0.3 is 14.8 Å². The first kappa shape index (κ1) is 22.7. The smallest absolute Gasteiger partial charge is 0.355 e. The number of nitrogens with one attached hydrogen (secondary N) is 1. The lowest BCUT2D eigenvalue weighted by Crippen LogP contribution is -2.70. The second-order valence-corrected chi connectivity index (χ2v) is 9.10. The van der Waals surface area contributed by atoms with E-state index in [1.165, 1.54) is 4.90 Å². The van der Waals surface area contributed by atoms with Crippen LogP contribution >= 0.6 is 34.4 Å². The van der Waals surface area contributed by atoms with Crippen molar-refractivity contribution < 1.29 is 23.9 Å². The molecule has 2 aliphatic rings. The number of alkyl halides is 1. The van der Waals surface area contributed by atoms with Gasteiger partial charge >= 0.3 is 5.97 Å². The Morgan fingerprint density at radius 1 is 1.16 bits per heavy atom. The molecule has 0 bridgehead atoms. The van der Waals surface area contributed by atoms with Crippen molar-refractivity contribution in [2.45, 2.75) is 18.0 Å². The lowest BCUT2D eigenvalue weighted by Gasteiger charge is -2.49. The Morgan fingerprint density at radius 2 is 1.88 bits per heavy atom. The van der Waals surface area contributed by atoms with E-state index < -0.39 is 12.0 Å². The van der Waals surface area contributed by atoms with Crippen molar-refractivity contribution >= 4 is 52.1 Å². The molecule has 7 nitrogen and oxygen atoms in total. The highest BCUT2D eigenvalue weighted by Crippen LogP contribution is 2.41. The average Bonchev–Trinajstić information content (AvgIpc) is 2.85. The third-order valence-corrected chi connectivity index (χ3v) is 7.51. The van der Waals surface area contributed by atoms with Crippen molar-refractivity contribution in [2.75, 3.05) is 17.3 Å². The average molecular weight is 564 g/mol. The minimum absolute atomic E-state index is 0.0921. The predicted molar refractivity (Wildman–Crippen MR) is 129 cm³/mol. The number of halogens is 1. The van der Waals surface area contributed by atoms with Crippen LogP contribution in [0.25, 0.3) is 0 Å². The number of ether oxygens (including phenoxy) is 2. The van der Waals surface area contributed by atoms with Gasteiger partial charge in [0.1, 0.15) is 29.5 Å². The van der Waals surface area contributed by atoms with Crippen LogP contribution in [0.1, 0.15) is 15.9 Å². The Labute approximate surface area is 203 Å². The zero-order valence-corrected chi connectivity index (χ0v) is 20.2. The minimum atomic E-state index is -0.673. The number of β-lactam (4-membered cyclic amide) rings is 1. The summed E-state index contributed by atoms with van der Waals surface area (Å²) in [5, 5.41) is 2.47. The maximum Gasteiger partial charge on any atom is 0.355 e. The summed E-state index contributed by atoms with van der Waals surface area (Å²) < 4.78 is 11.3. The lowest BCUT2D eigenvalue weighted by molar-refractivity contribution is -0.152. The van der Waals surface area contributed by atoms with Gasteiger partial charge in [-0.25, -0.2) is 4.79 Å². The van der Waals surface area contributed by atoms with Crippen molar-refractivity contribution in [1.82, 2.24) is 10.2 Å². The van der Waals surface area contributed by atoms with E-state index in [1.54, 1.807) is 55.3 Å². The summed E-state index contributed by atoms with van der Waals surface area (Å²) in [5.41, 5.74) is 2.46. The number of methoxy groups -OCH3 is 1. The summed E-state index contributed by atoms with van der Waals surface area (Å²) in [6.45, 7) is 0.0921. The van der Waals surface area contributed by atoms with Crippen LogP contribution in [0.2, 0.25) is 0 Å². The van der Waals surface area contributed by atoms with Crippen LogP contribution in [-0.2, 0) is 20.9 Å². The molecule has 4 rings (SSSR count). The molecule has 0 aromatic heterocycles. The third-order valence-electron chi connectivity index (χ3n) is 5.25. The number of benzene rings is 2. The number of amides is 2. The van der Waals surface area contributed by atoms with E-state index in [9.17, 15) is 14.4 Å². The second kappa shape index (κ2) is 9.95. The zero-order valence-electron chi connectivity index (χ0n) is 17.2. The molecule has 0 spiro atoms. The predicted octanol–water partition coefficient (Wildman–Crippen LogP) is 3.14. The fourth-order valence-electron chi connectivity index (χ4n) is 3.53. The SMILES string of the molecule is COc1ccc(COC(=O)C2=C(CI)CS[C@@H]3[C@H](NC(=O)c4ccccc4)C(=O)N23)cc1. The maximum atomic E-state index is 13.0. The number of fused-ring (bicyclic) bond motifs is 1. The largest absolute Gasteiger partial charge is 0.497 e. The monoisotopic (exact) mass is 564 g/mol. The van der Waals surface area contributed by atoms with Crippen molar-refractivity contribution in [2.24, 2.45) is 0 Å². The summed E-state index contributed by atoms with van der Waals surface area (Å²) in [4.78, 5) is 39.8. The van der Waals surface area contributed by atoms with Crippen LogP contribution in [0.5, 0.6) is 5.75 Å². The molecule has 2 atom stereocenters. The van der Waals surface area contributed by atoms with E-state index in [0.717, 1.165) is 16.9 Å². The summed E-state index contributed by atoms with van der Waals surface area (Å²) in [6, 6.07) is 15.3. The highest BCUT2D eigenvalue weighted by molar-refractivity contribution is 14.1. The van der Waals surface area contributed by atoms with Gasteiger partial charge in [0.25, 0.3) is 11.8 Å². The highest BCUT2D eigenvalue weighted by Gasteiger charge is 2.54. The van der Waals surface area contributed by atoms with Crippen LogP contribution < -0.4 is 10.1 Å². The Bertz CT molecular complexity index is 1060. The van der Waals surface area contributed by atoms with Crippen molar-refractivity contribution in [3.63, 3.8) is 0 Å². The molecule has 2 amide bonds. The van der Waals surface area contributed by atoms with Gasteiger partial charge in [0.05, 0.1) is 7.11 Å². The molecule has 2 aromatic carbocycles. The summed E-state index contributed by atoms with van der Waals surface area (Å²) >= 11 is 3.72. The van der Waals surface area contributed by atoms with Gasteiger partial charge in [-0.15, -0.1) is 11.8 Å². The van der Waals surface area contributed by atoms with E-state index in [2.05, 4.69) is 27.9 Å². The molecular weight excluding hydrogens is 543 g/mol. The number of hydrogen-bond donors (Lipinski definition) is 1. The number of carbonyl (C=O) groups excluding carboxylic acids is 3. The Balaban J connectivity index is 1.45. The van der Waals surface area contributed by atoms with E-state index in [1.807, 2.05) is 18.2 Å². The number of thioether (sulfide) groups is 1. The molecule has 0 saturated carbocycles. The third kappa shape index (κ3) is 4.49. The summed E-state index contributed by atoms with van der Waals surface area (Å²) in [5.74, 6) is 0.180. The normalized spacial score (nSPS) is 19.7. The standard InChI is InChI=1S/C23H21IN2O5S/c1-30-17-9-7-14(8-10-17)12-31-23(29)19-16(11-24)13-32-22-18(21(28)26(19)22)25-20(27)15-5-3-2-4-6-15/h2-10,18,22H,11-13H2,1H3,(H,25,27)/t18-,22-/m1/s1. The van der Waals surface area contributed by atoms with E-state index in [4.69, 9.17) is 9.47 Å². The first-order chi connectivity index (χ1) is 15.5. The van der Waals surface area contributed by atoms with E-state index in [0.29, 0.717) is 21.4 Å². The molecule has 0 radical (unpaired) electrons. The molecule has 1 saturated heterocycles. The number of hydrogen-bond acceptors (Lipinski definition) is 6. The Hall–Kier alpha value is -2.53. The molecule has 1 fully saturated rings. The number of nitrogens with zero attached hydrogens (tertiary/aromatic N) is 1. The topological polar surface area (TPSA) is 84.9 Å². The molecular formula is C23H21IN2O5S. The lowest BCUT2D eigenvalue weighted by atomic mass is 10.0. The molecule has 2 heterocycles. The van der Waals surface area contributed by atoms with Gasteiger partial charge in [-0.3, -0.25) is 14.5 Å². The maximum absolute atomic E-state index is 13.0. The molecule has 0 aliphatic carbocycles. The molecule has 1 N–H and O–H groups in total. The zero-order chi connectivity index (χ0) is 22.7.